The van der Waals surface area contributed by atoms with Crippen LogP contribution in [0.2, 0.25) is 0 Å². The number of anilines is 4. The number of ether oxygens (including phenoxy) is 1. The van der Waals surface area contributed by atoms with Crippen molar-refractivity contribution in [1.29, 1.82) is 0 Å². The summed E-state index contributed by atoms with van der Waals surface area (Å²) in [6.07, 6.45) is 1.82. The van der Waals surface area contributed by atoms with Crippen LogP contribution in [0.15, 0.2) is 60.8 Å². The second-order valence-electron chi connectivity index (χ2n) is 6.91. The molecule has 28 heavy (non-hydrogen) atoms. The minimum absolute atomic E-state index is 0.626. The average Bonchev–Trinajstić information content (AvgIpc) is 2.74. The number of nitrogens with one attached hydrogen (secondary N) is 1. The maximum Gasteiger partial charge on any atom is 0.229 e. The van der Waals surface area contributed by atoms with Crippen LogP contribution in [0.1, 0.15) is 5.56 Å². The number of hydrogen-bond donors (Lipinski definition) is 1. The fourth-order valence-corrected chi connectivity index (χ4v) is 3.42. The molecule has 0 aliphatic carbocycles. The van der Waals surface area contributed by atoms with Gasteiger partial charge in [0.05, 0.1) is 7.11 Å². The van der Waals surface area contributed by atoms with Gasteiger partial charge in [-0.2, -0.15) is 4.98 Å². The van der Waals surface area contributed by atoms with E-state index in [1.807, 2.05) is 36.5 Å². The summed E-state index contributed by atoms with van der Waals surface area (Å²) in [5.41, 5.74) is 3.43. The third kappa shape index (κ3) is 4.17. The van der Waals surface area contributed by atoms with E-state index in [4.69, 9.17) is 9.72 Å². The SMILES string of the molecule is COc1ccc(N2CCN(c3ccnc(Nc4cccc(C)c4)n3)CC2)cc1. The normalized spacial score (nSPS) is 14.1. The van der Waals surface area contributed by atoms with Crippen molar-refractivity contribution in [1.82, 2.24) is 9.97 Å². The molecule has 144 valence electrons. The Morgan fingerprint density at radius 3 is 2.39 bits per heavy atom. The second-order valence-corrected chi connectivity index (χ2v) is 6.91. The minimum atomic E-state index is 0.626. The third-order valence-corrected chi connectivity index (χ3v) is 4.96. The first kappa shape index (κ1) is 18.1. The number of hydrogen-bond acceptors (Lipinski definition) is 6. The first-order valence-corrected chi connectivity index (χ1v) is 9.52. The van der Waals surface area contributed by atoms with Crippen LogP contribution in [0.5, 0.6) is 5.75 Å². The largest absolute Gasteiger partial charge is 0.497 e. The van der Waals surface area contributed by atoms with Gasteiger partial charge in [-0.1, -0.05) is 12.1 Å². The molecule has 1 saturated heterocycles. The van der Waals surface area contributed by atoms with Crippen LogP contribution in [0.4, 0.5) is 23.1 Å². The van der Waals surface area contributed by atoms with E-state index in [1.54, 1.807) is 7.11 Å². The van der Waals surface area contributed by atoms with E-state index in [0.29, 0.717) is 5.95 Å². The van der Waals surface area contributed by atoms with Gasteiger partial charge in [-0.3, -0.25) is 0 Å². The molecule has 0 atom stereocenters. The smallest absolute Gasteiger partial charge is 0.229 e. The van der Waals surface area contributed by atoms with E-state index < -0.39 is 0 Å². The fourth-order valence-electron chi connectivity index (χ4n) is 3.42. The summed E-state index contributed by atoms with van der Waals surface area (Å²) in [5.74, 6) is 2.47. The van der Waals surface area contributed by atoms with E-state index >= 15 is 0 Å². The number of nitrogens with zero attached hydrogens (tertiary/aromatic N) is 4. The van der Waals surface area contributed by atoms with Gasteiger partial charge < -0.3 is 19.9 Å². The lowest BCUT2D eigenvalue weighted by molar-refractivity contribution is 0.415. The van der Waals surface area contributed by atoms with Crippen molar-refractivity contribution < 1.29 is 4.74 Å². The van der Waals surface area contributed by atoms with Gasteiger partial charge in [-0.15, -0.1) is 0 Å². The van der Waals surface area contributed by atoms with Gasteiger partial charge >= 0.3 is 0 Å². The predicted molar refractivity (Wildman–Crippen MR) is 114 cm³/mol. The molecule has 0 radical (unpaired) electrons. The van der Waals surface area contributed by atoms with Crippen LogP contribution in [0.25, 0.3) is 0 Å². The maximum absolute atomic E-state index is 5.24. The molecule has 0 unspecified atom stereocenters. The molecule has 0 saturated carbocycles. The van der Waals surface area contributed by atoms with E-state index in [9.17, 15) is 0 Å². The first-order valence-electron chi connectivity index (χ1n) is 9.52. The van der Waals surface area contributed by atoms with Crippen molar-refractivity contribution in [3.8, 4) is 5.75 Å². The van der Waals surface area contributed by atoms with Gasteiger partial charge in [-0.05, 0) is 55.0 Å². The zero-order valence-electron chi connectivity index (χ0n) is 16.3. The fraction of sp³-hybridized carbons (Fsp3) is 0.273. The van der Waals surface area contributed by atoms with Crippen LogP contribution < -0.4 is 19.9 Å². The van der Waals surface area contributed by atoms with Crippen molar-refractivity contribution in [3.63, 3.8) is 0 Å². The van der Waals surface area contributed by atoms with Gasteiger partial charge in [0.15, 0.2) is 0 Å². The van der Waals surface area contributed by atoms with Crippen LogP contribution in [0, 0.1) is 6.92 Å². The van der Waals surface area contributed by atoms with Crippen LogP contribution in [-0.4, -0.2) is 43.3 Å². The van der Waals surface area contributed by atoms with E-state index in [2.05, 4.69) is 51.3 Å². The second kappa shape index (κ2) is 8.17. The van der Waals surface area contributed by atoms with E-state index in [0.717, 1.165) is 43.4 Å². The Hall–Kier alpha value is -3.28. The molecular weight excluding hydrogens is 350 g/mol. The van der Waals surface area contributed by atoms with Crippen molar-refractivity contribution in [2.75, 3.05) is 48.4 Å². The highest BCUT2D eigenvalue weighted by atomic mass is 16.5. The standard InChI is InChI=1S/C22H25N5O/c1-17-4-3-5-18(16-17)24-22-23-11-10-21(25-22)27-14-12-26(13-15-27)19-6-8-20(28-2)9-7-19/h3-11,16H,12-15H2,1-2H3,(H,23,24,25). The van der Waals surface area contributed by atoms with Gasteiger partial charge in [0, 0.05) is 43.8 Å². The summed E-state index contributed by atoms with van der Waals surface area (Å²) in [6, 6.07) is 18.4. The maximum atomic E-state index is 5.24. The molecular formula is C22H25N5O. The monoisotopic (exact) mass is 375 g/mol. The summed E-state index contributed by atoms with van der Waals surface area (Å²) in [4.78, 5) is 13.8. The first-order chi connectivity index (χ1) is 13.7. The summed E-state index contributed by atoms with van der Waals surface area (Å²) in [5, 5.41) is 3.30. The summed E-state index contributed by atoms with van der Waals surface area (Å²) in [6.45, 7) is 5.83. The van der Waals surface area contributed by atoms with Crippen LogP contribution in [0.3, 0.4) is 0 Å². The zero-order chi connectivity index (χ0) is 19.3. The number of benzene rings is 2. The number of piperazine rings is 1. The molecule has 1 N–H and O–H groups in total. The molecule has 2 aromatic carbocycles. The molecule has 1 aliphatic rings. The molecule has 6 heteroatoms. The highest BCUT2D eigenvalue weighted by molar-refractivity contribution is 5.56. The molecule has 6 nitrogen and oxygen atoms in total. The van der Waals surface area contributed by atoms with Crippen molar-refractivity contribution in [2.24, 2.45) is 0 Å². The molecule has 0 amide bonds. The van der Waals surface area contributed by atoms with Crippen LogP contribution >= 0.6 is 0 Å². The van der Waals surface area contributed by atoms with Crippen molar-refractivity contribution >= 4 is 23.1 Å². The zero-order valence-corrected chi connectivity index (χ0v) is 16.3. The third-order valence-electron chi connectivity index (χ3n) is 4.96. The topological polar surface area (TPSA) is 53.5 Å². The Morgan fingerprint density at radius 2 is 1.68 bits per heavy atom. The molecule has 3 aromatic rings. The summed E-state index contributed by atoms with van der Waals surface area (Å²) < 4.78 is 5.24. The van der Waals surface area contributed by atoms with Crippen LogP contribution in [-0.2, 0) is 0 Å². The summed E-state index contributed by atoms with van der Waals surface area (Å²) >= 11 is 0. The Bertz CT molecular complexity index is 920. The number of aromatic nitrogens is 2. The quantitative estimate of drug-likeness (QED) is 0.731. The Labute approximate surface area is 165 Å². The minimum Gasteiger partial charge on any atom is -0.497 e. The number of rotatable bonds is 5. The number of aryl methyl sites for hydroxylation is 1. The van der Waals surface area contributed by atoms with Gasteiger partial charge in [-0.25, -0.2) is 4.98 Å². The average molecular weight is 375 g/mol. The van der Waals surface area contributed by atoms with Crippen molar-refractivity contribution in [3.05, 3.63) is 66.4 Å². The van der Waals surface area contributed by atoms with Crippen molar-refractivity contribution in [2.45, 2.75) is 6.92 Å². The molecule has 0 spiro atoms. The van der Waals surface area contributed by atoms with E-state index in [1.165, 1.54) is 11.3 Å². The lowest BCUT2D eigenvalue weighted by Crippen LogP contribution is -2.46. The Morgan fingerprint density at radius 1 is 0.929 bits per heavy atom. The van der Waals surface area contributed by atoms with Gasteiger partial charge in [0.1, 0.15) is 11.6 Å². The lowest BCUT2D eigenvalue weighted by Gasteiger charge is -2.36. The lowest BCUT2D eigenvalue weighted by atomic mass is 10.2. The van der Waals surface area contributed by atoms with E-state index in [-0.39, 0.29) is 0 Å². The molecule has 4 rings (SSSR count). The molecule has 1 aromatic heterocycles. The molecule has 1 aliphatic heterocycles. The molecule has 0 bridgehead atoms. The van der Waals surface area contributed by atoms with Gasteiger partial charge in [0.25, 0.3) is 0 Å². The predicted octanol–water partition coefficient (Wildman–Crippen LogP) is 3.86. The highest BCUT2D eigenvalue weighted by Gasteiger charge is 2.19. The summed E-state index contributed by atoms with van der Waals surface area (Å²) in [7, 11) is 1.69. The number of methoxy groups -OCH3 is 1. The molecule has 2 heterocycles. The van der Waals surface area contributed by atoms with Gasteiger partial charge in [0.2, 0.25) is 5.95 Å². The Balaban J connectivity index is 1.40. The molecule has 1 fully saturated rings. The Kier molecular flexibility index (Phi) is 5.28. The highest BCUT2D eigenvalue weighted by Crippen LogP contribution is 2.23.